The number of benzene rings is 3. The monoisotopic (exact) mass is 423 g/mol. The largest absolute Gasteiger partial charge is 0.419 e. The molecule has 0 saturated carbocycles. The van der Waals surface area contributed by atoms with Crippen LogP contribution < -0.4 is 5.63 Å². The number of hydrogen-bond donors (Lipinski definition) is 0. The molecule has 4 rings (SSSR count). The molecule has 4 aromatic rings. The third-order valence-corrected chi connectivity index (χ3v) is 5.46. The van der Waals surface area contributed by atoms with Gasteiger partial charge in [-0.05, 0) is 35.2 Å². The predicted octanol–water partition coefficient (Wildman–Crippen LogP) is 7.13. The van der Waals surface area contributed by atoms with Gasteiger partial charge in [-0.15, -0.1) is 0 Å². The Labute approximate surface area is 178 Å². The summed E-state index contributed by atoms with van der Waals surface area (Å²) in [6.07, 6.45) is 0. The Morgan fingerprint density at radius 3 is 2.17 bits per heavy atom. The summed E-state index contributed by atoms with van der Waals surface area (Å²) < 4.78 is 5.78. The highest BCUT2D eigenvalue weighted by Gasteiger charge is 2.22. The molecule has 3 aromatic carbocycles. The molecule has 0 N–H and O–H groups in total. The van der Waals surface area contributed by atoms with E-state index in [-0.39, 0.29) is 11.1 Å². The van der Waals surface area contributed by atoms with E-state index in [1.165, 1.54) is 0 Å². The molecule has 0 spiro atoms. The second-order valence-corrected chi connectivity index (χ2v) is 8.75. The molecule has 0 radical (unpaired) electrons. The van der Waals surface area contributed by atoms with Gasteiger partial charge in [0.05, 0.1) is 10.0 Å². The van der Waals surface area contributed by atoms with Crippen LogP contribution in [0.5, 0.6) is 0 Å². The van der Waals surface area contributed by atoms with E-state index in [9.17, 15) is 4.79 Å². The summed E-state index contributed by atoms with van der Waals surface area (Å²) in [7, 11) is 0. The van der Waals surface area contributed by atoms with Gasteiger partial charge in [-0.2, -0.15) is 0 Å². The summed E-state index contributed by atoms with van der Waals surface area (Å²) in [5, 5.41) is 0.972. The van der Waals surface area contributed by atoms with Crippen LogP contribution in [-0.2, 0) is 5.41 Å². The highest BCUT2D eigenvalue weighted by Crippen LogP contribution is 2.40. The standard InChI is InChI=1S/C24H19Cl2NO2/c1-24(2,3)15-12-16(20-17(25)10-7-11-18(20)26)22-19(13-15)27-21(23(28)29-22)14-8-5-4-6-9-14/h4-13H,1-3H3. The highest BCUT2D eigenvalue weighted by molar-refractivity contribution is 6.39. The van der Waals surface area contributed by atoms with E-state index >= 15 is 0 Å². The molecule has 146 valence electrons. The Balaban J connectivity index is 2.11. The lowest BCUT2D eigenvalue weighted by Gasteiger charge is -2.21. The second kappa shape index (κ2) is 7.33. The minimum Gasteiger partial charge on any atom is -0.419 e. The van der Waals surface area contributed by atoms with Gasteiger partial charge in [0.15, 0.2) is 11.3 Å². The van der Waals surface area contributed by atoms with Crippen molar-refractivity contribution in [2.24, 2.45) is 0 Å². The highest BCUT2D eigenvalue weighted by atomic mass is 35.5. The molecule has 0 atom stereocenters. The molecule has 0 unspecified atom stereocenters. The molecule has 1 heterocycles. The van der Waals surface area contributed by atoms with E-state index in [1.807, 2.05) is 42.5 Å². The summed E-state index contributed by atoms with van der Waals surface area (Å²) in [4.78, 5) is 17.4. The van der Waals surface area contributed by atoms with E-state index in [2.05, 4.69) is 25.8 Å². The lowest BCUT2D eigenvalue weighted by molar-refractivity contribution is 0.556. The summed E-state index contributed by atoms with van der Waals surface area (Å²) >= 11 is 12.9. The minimum absolute atomic E-state index is 0.151. The minimum atomic E-state index is -0.503. The van der Waals surface area contributed by atoms with Crippen molar-refractivity contribution in [2.75, 3.05) is 0 Å². The summed E-state index contributed by atoms with van der Waals surface area (Å²) in [5.41, 5.74) is 3.62. The average molecular weight is 424 g/mol. The first-order valence-electron chi connectivity index (χ1n) is 9.25. The van der Waals surface area contributed by atoms with Crippen molar-refractivity contribution in [2.45, 2.75) is 26.2 Å². The first-order valence-corrected chi connectivity index (χ1v) is 10.0. The Morgan fingerprint density at radius 1 is 0.897 bits per heavy atom. The fraction of sp³-hybridized carbons (Fsp3) is 0.167. The molecular weight excluding hydrogens is 405 g/mol. The molecule has 0 fully saturated rings. The average Bonchev–Trinajstić information content (AvgIpc) is 2.67. The molecular formula is C24H19Cl2NO2. The van der Waals surface area contributed by atoms with E-state index in [0.717, 1.165) is 5.56 Å². The van der Waals surface area contributed by atoms with Crippen molar-refractivity contribution in [1.82, 2.24) is 4.98 Å². The lowest BCUT2D eigenvalue weighted by Crippen LogP contribution is -2.13. The zero-order valence-electron chi connectivity index (χ0n) is 16.3. The number of aromatic nitrogens is 1. The van der Waals surface area contributed by atoms with Gasteiger partial charge in [-0.3, -0.25) is 0 Å². The van der Waals surface area contributed by atoms with Gasteiger partial charge in [-0.25, -0.2) is 9.78 Å². The number of rotatable bonds is 2. The number of halogens is 2. The predicted molar refractivity (Wildman–Crippen MR) is 120 cm³/mol. The van der Waals surface area contributed by atoms with Crippen LogP contribution in [0.4, 0.5) is 0 Å². The Bertz CT molecular complexity index is 1250. The summed E-state index contributed by atoms with van der Waals surface area (Å²) in [5.74, 6) is 0. The SMILES string of the molecule is CC(C)(C)c1cc(-c2c(Cl)cccc2Cl)c2oc(=O)c(-c3ccccc3)nc2c1. The van der Waals surface area contributed by atoms with Crippen LogP contribution in [0.15, 0.2) is 69.9 Å². The first-order chi connectivity index (χ1) is 13.8. The van der Waals surface area contributed by atoms with Crippen LogP contribution in [0.1, 0.15) is 26.3 Å². The zero-order chi connectivity index (χ0) is 20.8. The second-order valence-electron chi connectivity index (χ2n) is 7.93. The van der Waals surface area contributed by atoms with E-state index in [4.69, 9.17) is 27.6 Å². The molecule has 1 aromatic heterocycles. The van der Waals surface area contributed by atoms with Gasteiger partial charge in [0.1, 0.15) is 5.52 Å². The molecule has 0 aliphatic rings. The van der Waals surface area contributed by atoms with Gasteiger partial charge >= 0.3 is 5.63 Å². The van der Waals surface area contributed by atoms with Gasteiger partial charge in [-0.1, -0.05) is 80.4 Å². The number of hydrogen-bond acceptors (Lipinski definition) is 3. The van der Waals surface area contributed by atoms with Crippen LogP contribution in [0, 0.1) is 0 Å². The third kappa shape index (κ3) is 3.68. The van der Waals surface area contributed by atoms with Crippen molar-refractivity contribution in [3.8, 4) is 22.4 Å². The van der Waals surface area contributed by atoms with Gasteiger partial charge in [0.25, 0.3) is 0 Å². The quantitative estimate of drug-likeness (QED) is 0.344. The first kappa shape index (κ1) is 19.7. The maximum atomic E-state index is 12.8. The molecule has 5 heteroatoms. The van der Waals surface area contributed by atoms with Crippen LogP contribution in [0.3, 0.4) is 0 Å². The number of fused-ring (bicyclic) bond motifs is 1. The fourth-order valence-electron chi connectivity index (χ4n) is 3.26. The Kier molecular flexibility index (Phi) is 4.97. The molecule has 3 nitrogen and oxygen atoms in total. The Hall–Kier alpha value is -2.62. The van der Waals surface area contributed by atoms with Crippen LogP contribution in [0.2, 0.25) is 10.0 Å². The molecule has 0 aliphatic heterocycles. The molecule has 0 aliphatic carbocycles. The zero-order valence-corrected chi connectivity index (χ0v) is 17.8. The topological polar surface area (TPSA) is 43.1 Å². The molecule has 0 amide bonds. The van der Waals surface area contributed by atoms with Crippen molar-refractivity contribution < 1.29 is 4.42 Å². The van der Waals surface area contributed by atoms with Gasteiger partial charge in [0.2, 0.25) is 0 Å². The third-order valence-electron chi connectivity index (χ3n) is 4.84. The summed E-state index contributed by atoms with van der Waals surface area (Å²) in [6.45, 7) is 6.34. The van der Waals surface area contributed by atoms with Gasteiger partial charge < -0.3 is 4.42 Å². The van der Waals surface area contributed by atoms with E-state index < -0.39 is 5.63 Å². The van der Waals surface area contributed by atoms with Crippen molar-refractivity contribution >= 4 is 34.3 Å². The smallest absolute Gasteiger partial charge is 0.363 e. The van der Waals surface area contributed by atoms with Gasteiger partial charge in [0, 0.05) is 16.7 Å². The Morgan fingerprint density at radius 2 is 1.55 bits per heavy atom. The van der Waals surface area contributed by atoms with E-state index in [1.54, 1.807) is 18.2 Å². The summed E-state index contributed by atoms with van der Waals surface area (Å²) in [6, 6.07) is 18.5. The van der Waals surface area contributed by atoms with Crippen molar-refractivity contribution in [3.05, 3.63) is 86.7 Å². The molecule has 0 bridgehead atoms. The lowest BCUT2D eigenvalue weighted by atomic mass is 9.85. The van der Waals surface area contributed by atoms with Crippen molar-refractivity contribution in [1.29, 1.82) is 0 Å². The normalized spacial score (nSPS) is 11.8. The maximum Gasteiger partial charge on any atom is 0.363 e. The van der Waals surface area contributed by atoms with Crippen LogP contribution in [-0.4, -0.2) is 4.98 Å². The molecule has 29 heavy (non-hydrogen) atoms. The molecule has 0 saturated heterocycles. The van der Waals surface area contributed by atoms with Crippen molar-refractivity contribution in [3.63, 3.8) is 0 Å². The van der Waals surface area contributed by atoms with Crippen LogP contribution >= 0.6 is 23.2 Å². The fourth-order valence-corrected chi connectivity index (χ4v) is 3.86. The maximum absolute atomic E-state index is 12.8. The number of nitrogens with zero attached hydrogens (tertiary/aromatic N) is 1. The van der Waals surface area contributed by atoms with Crippen LogP contribution in [0.25, 0.3) is 33.5 Å². The van der Waals surface area contributed by atoms with E-state index in [0.29, 0.717) is 37.8 Å².